The molecule has 0 bridgehead atoms. The van der Waals surface area contributed by atoms with Crippen LogP contribution >= 0.6 is 46.4 Å². The highest BCUT2D eigenvalue weighted by Crippen LogP contribution is 2.64. The fraction of sp³-hybridized carbons (Fsp3) is 0.364. The van der Waals surface area contributed by atoms with Gasteiger partial charge in [0.05, 0.1) is 0 Å². The SMILES string of the molecule is C=C1CC2(CC(C)(C)c3cc4c(cc32)OC(Cl)(Cl)O4)c2cc3c(cc21)OC(Cl)(Cl)O3. The quantitative estimate of drug-likeness (QED) is 0.385. The van der Waals surface area contributed by atoms with E-state index in [9.17, 15) is 0 Å². The van der Waals surface area contributed by atoms with Crippen LogP contribution < -0.4 is 18.9 Å². The molecule has 4 nitrogen and oxygen atoms in total. The highest BCUT2D eigenvalue weighted by Gasteiger charge is 2.55. The van der Waals surface area contributed by atoms with Crippen molar-refractivity contribution in [2.24, 2.45) is 0 Å². The van der Waals surface area contributed by atoms with Gasteiger partial charge in [0.25, 0.3) is 0 Å². The van der Waals surface area contributed by atoms with E-state index in [-0.39, 0.29) is 10.8 Å². The lowest BCUT2D eigenvalue weighted by Crippen LogP contribution is -2.25. The Kier molecular flexibility index (Phi) is 3.51. The van der Waals surface area contributed by atoms with Crippen LogP contribution in [-0.2, 0) is 10.8 Å². The summed E-state index contributed by atoms with van der Waals surface area (Å²) in [5, 5.41) is 0. The first-order chi connectivity index (χ1) is 13.9. The average molecular weight is 486 g/mol. The molecule has 30 heavy (non-hydrogen) atoms. The van der Waals surface area contributed by atoms with Crippen LogP contribution in [0.1, 0.15) is 48.9 Å². The Bertz CT molecular complexity index is 1170. The summed E-state index contributed by atoms with van der Waals surface area (Å²) in [6.07, 6.45) is 1.64. The van der Waals surface area contributed by atoms with Gasteiger partial charge in [0.15, 0.2) is 23.0 Å². The van der Waals surface area contributed by atoms with Crippen molar-refractivity contribution < 1.29 is 18.9 Å². The number of allylic oxidation sites excluding steroid dienone is 1. The van der Waals surface area contributed by atoms with Gasteiger partial charge in [0.1, 0.15) is 0 Å². The zero-order valence-corrected chi connectivity index (χ0v) is 19.1. The molecule has 2 aliphatic heterocycles. The van der Waals surface area contributed by atoms with Crippen LogP contribution in [0.3, 0.4) is 0 Å². The van der Waals surface area contributed by atoms with E-state index >= 15 is 0 Å². The normalized spacial score (nSPS) is 27.5. The standard InChI is InChI=1S/C22H16Cl4O4/c1-10-8-20(12-5-16-15(4-11(10)12)27-21(23,24)28-16)9-19(2,3)13-6-17-18(7-14(13)20)30-22(25,26)29-17/h4-7H,1,8-9H2,2-3H3. The molecule has 0 radical (unpaired) electrons. The number of fused-ring (bicyclic) bond motifs is 6. The molecule has 0 saturated heterocycles. The molecule has 2 aromatic rings. The second-order valence-corrected chi connectivity index (χ2v) is 11.3. The molecule has 2 aliphatic carbocycles. The van der Waals surface area contributed by atoms with Crippen molar-refractivity contribution in [2.75, 3.05) is 0 Å². The maximum Gasteiger partial charge on any atom is 0.419 e. The number of halogens is 4. The Morgan fingerprint density at radius 1 is 0.733 bits per heavy atom. The Morgan fingerprint density at radius 2 is 1.20 bits per heavy atom. The number of hydrogen-bond donors (Lipinski definition) is 0. The Labute approximate surface area is 193 Å². The molecule has 1 spiro atoms. The van der Waals surface area contributed by atoms with E-state index < -0.39 is 9.41 Å². The van der Waals surface area contributed by atoms with E-state index in [1.807, 2.05) is 24.3 Å². The van der Waals surface area contributed by atoms with Gasteiger partial charge in [-0.25, -0.2) is 0 Å². The Hall–Kier alpha value is -1.46. The number of hydrogen-bond acceptors (Lipinski definition) is 4. The number of ether oxygens (including phenoxy) is 4. The van der Waals surface area contributed by atoms with E-state index in [1.165, 1.54) is 5.56 Å². The first-order valence-corrected chi connectivity index (χ1v) is 11.0. The van der Waals surface area contributed by atoms with Gasteiger partial charge < -0.3 is 18.9 Å². The largest absolute Gasteiger partial charge is 0.423 e. The summed E-state index contributed by atoms with van der Waals surface area (Å²) in [5.41, 5.74) is 5.02. The molecule has 6 rings (SSSR count). The minimum atomic E-state index is -1.73. The predicted octanol–water partition coefficient (Wildman–Crippen LogP) is 6.79. The zero-order chi connectivity index (χ0) is 21.3. The molecule has 2 aromatic carbocycles. The van der Waals surface area contributed by atoms with Crippen molar-refractivity contribution in [1.82, 2.24) is 0 Å². The molecule has 4 aliphatic rings. The maximum atomic E-state index is 6.07. The summed E-state index contributed by atoms with van der Waals surface area (Å²) in [6, 6.07) is 7.86. The Balaban J connectivity index is 1.57. The van der Waals surface area contributed by atoms with Crippen LogP contribution in [0.5, 0.6) is 23.0 Å². The van der Waals surface area contributed by atoms with Gasteiger partial charge in [-0.05, 0) is 117 Å². The van der Waals surface area contributed by atoms with Gasteiger partial charge in [-0.2, -0.15) is 0 Å². The van der Waals surface area contributed by atoms with E-state index in [2.05, 4.69) is 20.4 Å². The third-order valence-corrected chi connectivity index (χ3v) is 7.10. The molecule has 156 valence electrons. The third kappa shape index (κ3) is 2.48. The van der Waals surface area contributed by atoms with Gasteiger partial charge in [-0.1, -0.05) is 20.4 Å². The molecule has 0 fully saturated rings. The number of benzene rings is 2. The van der Waals surface area contributed by atoms with Gasteiger partial charge in [0, 0.05) is 5.41 Å². The number of alkyl halides is 4. The second-order valence-electron chi connectivity index (χ2n) is 8.95. The molecule has 0 aromatic heterocycles. The second kappa shape index (κ2) is 5.47. The van der Waals surface area contributed by atoms with Crippen LogP contribution in [0.2, 0.25) is 0 Å². The monoisotopic (exact) mass is 484 g/mol. The van der Waals surface area contributed by atoms with E-state index in [0.717, 1.165) is 35.1 Å². The van der Waals surface area contributed by atoms with Crippen molar-refractivity contribution in [3.63, 3.8) is 0 Å². The van der Waals surface area contributed by atoms with Gasteiger partial charge in [-0.15, -0.1) is 0 Å². The summed E-state index contributed by atoms with van der Waals surface area (Å²) in [6.45, 7) is 8.76. The van der Waals surface area contributed by atoms with E-state index in [1.54, 1.807) is 0 Å². The van der Waals surface area contributed by atoms with Crippen LogP contribution in [0, 0.1) is 0 Å². The summed E-state index contributed by atoms with van der Waals surface area (Å²) in [5.74, 6) is 2.09. The smallest absolute Gasteiger partial charge is 0.419 e. The Morgan fingerprint density at radius 3 is 1.77 bits per heavy atom. The molecule has 2 heterocycles. The topological polar surface area (TPSA) is 36.9 Å². The lowest BCUT2D eigenvalue weighted by Gasteiger charge is -2.28. The van der Waals surface area contributed by atoms with Crippen molar-refractivity contribution in [3.05, 3.63) is 53.1 Å². The van der Waals surface area contributed by atoms with Gasteiger partial charge in [0.2, 0.25) is 0 Å². The first kappa shape index (κ1) is 19.2. The van der Waals surface area contributed by atoms with Gasteiger partial charge in [-0.3, -0.25) is 0 Å². The minimum Gasteiger partial charge on any atom is -0.423 e. The summed E-state index contributed by atoms with van der Waals surface area (Å²) < 4.78 is 18.8. The highest BCUT2D eigenvalue weighted by atomic mass is 35.5. The van der Waals surface area contributed by atoms with Crippen LogP contribution in [0.4, 0.5) is 0 Å². The fourth-order valence-electron chi connectivity index (χ4n) is 5.53. The van der Waals surface area contributed by atoms with Gasteiger partial charge >= 0.3 is 9.41 Å². The molecule has 1 atom stereocenters. The lowest BCUT2D eigenvalue weighted by molar-refractivity contribution is 0.0845. The lowest BCUT2D eigenvalue weighted by atomic mass is 9.74. The summed E-state index contributed by atoms with van der Waals surface area (Å²) in [7, 11) is 0. The number of rotatable bonds is 0. The van der Waals surface area contributed by atoms with E-state index in [0.29, 0.717) is 23.0 Å². The van der Waals surface area contributed by atoms with Crippen molar-refractivity contribution >= 4 is 52.0 Å². The van der Waals surface area contributed by atoms with Crippen molar-refractivity contribution in [1.29, 1.82) is 0 Å². The molecule has 0 saturated carbocycles. The van der Waals surface area contributed by atoms with E-state index in [4.69, 9.17) is 65.4 Å². The highest BCUT2D eigenvalue weighted by molar-refractivity contribution is 6.47. The summed E-state index contributed by atoms with van der Waals surface area (Å²) >= 11 is 24.2. The third-order valence-electron chi connectivity index (χ3n) is 6.48. The van der Waals surface area contributed by atoms with Crippen molar-refractivity contribution in [3.8, 4) is 23.0 Å². The zero-order valence-electron chi connectivity index (χ0n) is 16.1. The molecular formula is C22H16Cl4O4. The molecule has 0 N–H and O–H groups in total. The first-order valence-electron chi connectivity index (χ1n) is 9.47. The van der Waals surface area contributed by atoms with Crippen LogP contribution in [-0.4, -0.2) is 9.41 Å². The molecule has 1 unspecified atom stereocenters. The van der Waals surface area contributed by atoms with Crippen LogP contribution in [0.25, 0.3) is 5.57 Å². The minimum absolute atomic E-state index is 0.126. The fourth-order valence-corrected chi connectivity index (χ4v) is 6.20. The maximum absolute atomic E-state index is 6.07. The average Bonchev–Trinajstić information content (AvgIpc) is 3.23. The molecule has 0 amide bonds. The van der Waals surface area contributed by atoms with Crippen molar-refractivity contribution in [2.45, 2.75) is 46.9 Å². The van der Waals surface area contributed by atoms with Crippen LogP contribution in [0.15, 0.2) is 30.8 Å². The molecular weight excluding hydrogens is 470 g/mol. The molecule has 8 heteroatoms. The predicted molar refractivity (Wildman–Crippen MR) is 116 cm³/mol. The summed E-state index contributed by atoms with van der Waals surface area (Å²) in [4.78, 5) is 0.